The van der Waals surface area contributed by atoms with Gasteiger partial charge in [-0.2, -0.15) is 0 Å². The van der Waals surface area contributed by atoms with Crippen molar-refractivity contribution >= 4 is 11.8 Å². The Morgan fingerprint density at radius 2 is 1.25 bits per heavy atom. The van der Waals surface area contributed by atoms with Crippen LogP contribution in [0.1, 0.15) is 55.4 Å². The lowest BCUT2D eigenvalue weighted by Crippen LogP contribution is -2.54. The summed E-state index contributed by atoms with van der Waals surface area (Å²) in [5, 5.41) is 3.07. The Labute approximate surface area is 236 Å². The maximum absolute atomic E-state index is 14.9. The molecule has 0 spiro atoms. The maximum atomic E-state index is 14.9. The van der Waals surface area contributed by atoms with Crippen LogP contribution in [0.5, 0.6) is 0 Å². The number of rotatable bonds is 10. The fourth-order valence-corrected chi connectivity index (χ4v) is 4.91. The van der Waals surface area contributed by atoms with Crippen LogP contribution in [0.25, 0.3) is 0 Å². The van der Waals surface area contributed by atoms with Crippen molar-refractivity contribution in [2.75, 3.05) is 0 Å². The highest BCUT2D eigenvalue weighted by Crippen LogP contribution is 2.30. The van der Waals surface area contributed by atoms with Crippen molar-refractivity contribution in [3.63, 3.8) is 0 Å². The number of halogens is 1. The molecule has 206 valence electrons. The summed E-state index contributed by atoms with van der Waals surface area (Å²) in [6.45, 7) is 5.72. The number of nitrogens with one attached hydrogen (secondary N) is 1. The van der Waals surface area contributed by atoms with Crippen LogP contribution >= 0.6 is 0 Å². The first kappa shape index (κ1) is 28.8. The van der Waals surface area contributed by atoms with Gasteiger partial charge in [0.05, 0.1) is 0 Å². The van der Waals surface area contributed by atoms with E-state index < -0.39 is 17.4 Å². The molecule has 0 bridgehead atoms. The second-order valence-electron chi connectivity index (χ2n) is 11.1. The van der Waals surface area contributed by atoms with Crippen molar-refractivity contribution in [1.29, 1.82) is 0 Å². The van der Waals surface area contributed by atoms with Gasteiger partial charge in [-0.15, -0.1) is 0 Å². The van der Waals surface area contributed by atoms with E-state index >= 15 is 0 Å². The number of benzene rings is 4. The Bertz CT molecular complexity index is 1350. The normalized spacial score (nSPS) is 12.1. The fourth-order valence-electron chi connectivity index (χ4n) is 4.91. The molecule has 0 radical (unpaired) electrons. The number of hydrogen-bond donors (Lipinski definition) is 1. The van der Waals surface area contributed by atoms with Crippen LogP contribution in [0, 0.1) is 5.82 Å². The summed E-state index contributed by atoms with van der Waals surface area (Å²) in [6.07, 6.45) is 0.445. The van der Waals surface area contributed by atoms with Gasteiger partial charge in [0.1, 0.15) is 11.9 Å². The van der Waals surface area contributed by atoms with Gasteiger partial charge in [-0.25, -0.2) is 4.39 Å². The van der Waals surface area contributed by atoms with Crippen molar-refractivity contribution in [1.82, 2.24) is 10.2 Å². The fraction of sp³-hybridized carbons (Fsp3) is 0.257. The average Bonchev–Trinajstić information content (AvgIpc) is 2.95. The summed E-state index contributed by atoms with van der Waals surface area (Å²) in [5.74, 6) is -1.11. The van der Waals surface area contributed by atoms with E-state index in [1.54, 1.807) is 23.1 Å². The van der Waals surface area contributed by atoms with E-state index in [4.69, 9.17) is 0 Å². The van der Waals surface area contributed by atoms with Gasteiger partial charge in [-0.05, 0) is 43.5 Å². The van der Waals surface area contributed by atoms with Gasteiger partial charge in [-0.1, -0.05) is 109 Å². The largest absolute Gasteiger partial charge is 0.350 e. The van der Waals surface area contributed by atoms with Crippen LogP contribution in [0.4, 0.5) is 4.39 Å². The molecular formula is C35H37FN2O2. The molecule has 4 aromatic rings. The molecule has 5 heteroatoms. The highest BCUT2D eigenvalue weighted by atomic mass is 19.1. The summed E-state index contributed by atoms with van der Waals surface area (Å²) in [5.41, 5.74) is 2.80. The highest BCUT2D eigenvalue weighted by molar-refractivity contribution is 5.89. The van der Waals surface area contributed by atoms with Gasteiger partial charge in [0, 0.05) is 36.4 Å². The van der Waals surface area contributed by atoms with E-state index in [0.717, 1.165) is 16.7 Å². The summed E-state index contributed by atoms with van der Waals surface area (Å²) in [7, 11) is 0. The number of carbonyl (C=O) groups excluding carboxylic acids is 2. The predicted octanol–water partition coefficient (Wildman–Crippen LogP) is 6.90. The van der Waals surface area contributed by atoms with Gasteiger partial charge >= 0.3 is 0 Å². The third-order valence-corrected chi connectivity index (χ3v) is 6.85. The second kappa shape index (κ2) is 13.2. The van der Waals surface area contributed by atoms with E-state index in [2.05, 4.69) is 5.32 Å². The molecule has 1 N–H and O–H groups in total. The van der Waals surface area contributed by atoms with Crippen molar-refractivity contribution in [3.05, 3.63) is 143 Å². The van der Waals surface area contributed by atoms with Gasteiger partial charge in [0.25, 0.3) is 0 Å². The zero-order chi connectivity index (χ0) is 28.5. The Morgan fingerprint density at radius 3 is 1.77 bits per heavy atom. The smallest absolute Gasteiger partial charge is 0.243 e. The Morgan fingerprint density at radius 1 is 0.750 bits per heavy atom. The highest BCUT2D eigenvalue weighted by Gasteiger charge is 2.34. The van der Waals surface area contributed by atoms with E-state index in [1.807, 2.05) is 112 Å². The molecule has 0 aliphatic rings. The Balaban J connectivity index is 1.76. The van der Waals surface area contributed by atoms with Gasteiger partial charge in [0.15, 0.2) is 0 Å². The molecule has 0 heterocycles. The predicted molar refractivity (Wildman–Crippen MR) is 158 cm³/mol. The Hall–Kier alpha value is -4.25. The molecule has 0 saturated carbocycles. The SMILES string of the molecule is CC(C)(C)NC(=O)C(Cc1ccccc1)N(Cc1ccccc1F)C(=O)CC(c1ccccc1)c1ccccc1. The molecule has 40 heavy (non-hydrogen) atoms. The molecule has 4 rings (SSSR count). The average molecular weight is 537 g/mol. The quantitative estimate of drug-likeness (QED) is 0.240. The van der Waals surface area contributed by atoms with Crippen LogP contribution < -0.4 is 5.32 Å². The molecule has 0 fully saturated rings. The number of nitrogens with zero attached hydrogens (tertiary/aromatic N) is 1. The minimum absolute atomic E-state index is 0.0170. The first-order valence-electron chi connectivity index (χ1n) is 13.7. The van der Waals surface area contributed by atoms with Gasteiger partial charge < -0.3 is 10.2 Å². The monoisotopic (exact) mass is 536 g/mol. The van der Waals surface area contributed by atoms with Crippen molar-refractivity contribution < 1.29 is 14.0 Å². The van der Waals surface area contributed by atoms with Gasteiger partial charge in [0.2, 0.25) is 11.8 Å². The zero-order valence-electron chi connectivity index (χ0n) is 23.4. The van der Waals surface area contributed by atoms with Crippen LogP contribution in [-0.4, -0.2) is 28.3 Å². The maximum Gasteiger partial charge on any atom is 0.243 e. The van der Waals surface area contributed by atoms with E-state index in [0.29, 0.717) is 12.0 Å². The summed E-state index contributed by atoms with van der Waals surface area (Å²) < 4.78 is 14.9. The third kappa shape index (κ3) is 7.89. The topological polar surface area (TPSA) is 49.4 Å². The molecule has 1 unspecified atom stereocenters. The number of hydrogen-bond acceptors (Lipinski definition) is 2. The van der Waals surface area contributed by atoms with Crippen LogP contribution in [0.15, 0.2) is 115 Å². The van der Waals surface area contributed by atoms with Crippen LogP contribution in [0.3, 0.4) is 0 Å². The number of carbonyl (C=O) groups is 2. The first-order chi connectivity index (χ1) is 19.2. The molecule has 0 aliphatic heterocycles. The molecule has 4 nitrogen and oxygen atoms in total. The lowest BCUT2D eigenvalue weighted by atomic mass is 9.87. The molecule has 4 aromatic carbocycles. The lowest BCUT2D eigenvalue weighted by Gasteiger charge is -2.35. The summed E-state index contributed by atoms with van der Waals surface area (Å²) >= 11 is 0. The standard InChI is InChI=1S/C35H37FN2O2/c1-35(2,3)37-34(40)32(23-26-15-7-4-8-16-26)38(25-29-21-13-14-22-31(29)36)33(39)24-30(27-17-9-5-10-18-27)28-19-11-6-12-20-28/h4-22,30,32H,23-25H2,1-3H3,(H,37,40). The summed E-state index contributed by atoms with van der Waals surface area (Å²) in [4.78, 5) is 29.7. The zero-order valence-corrected chi connectivity index (χ0v) is 23.4. The first-order valence-corrected chi connectivity index (χ1v) is 13.7. The van der Waals surface area contributed by atoms with Crippen molar-refractivity contribution in [2.45, 2.75) is 57.7 Å². The molecule has 0 saturated heterocycles. The molecule has 0 aromatic heterocycles. The second-order valence-corrected chi connectivity index (χ2v) is 11.1. The van der Waals surface area contributed by atoms with E-state index in [-0.39, 0.29) is 30.7 Å². The Kier molecular flexibility index (Phi) is 9.49. The minimum Gasteiger partial charge on any atom is -0.350 e. The van der Waals surface area contributed by atoms with Gasteiger partial charge in [-0.3, -0.25) is 9.59 Å². The van der Waals surface area contributed by atoms with Crippen LogP contribution in [0.2, 0.25) is 0 Å². The summed E-state index contributed by atoms with van der Waals surface area (Å²) in [6, 6.07) is 35.0. The van der Waals surface area contributed by atoms with Crippen LogP contribution in [-0.2, 0) is 22.6 Å². The molecule has 0 aliphatic carbocycles. The molecule has 1 atom stereocenters. The molecular weight excluding hydrogens is 499 g/mol. The lowest BCUT2D eigenvalue weighted by molar-refractivity contribution is -0.142. The van der Waals surface area contributed by atoms with Crippen molar-refractivity contribution in [3.8, 4) is 0 Å². The van der Waals surface area contributed by atoms with E-state index in [9.17, 15) is 14.0 Å². The third-order valence-electron chi connectivity index (χ3n) is 6.85. The molecule has 2 amide bonds. The van der Waals surface area contributed by atoms with Crippen molar-refractivity contribution in [2.24, 2.45) is 0 Å². The number of amides is 2. The van der Waals surface area contributed by atoms with E-state index in [1.165, 1.54) is 6.07 Å². The minimum atomic E-state index is -0.832.